The lowest BCUT2D eigenvalue weighted by Gasteiger charge is -2.26. The van der Waals surface area contributed by atoms with Crippen LogP contribution in [0.15, 0.2) is 78.9 Å². The number of benzene rings is 3. The SMILES string of the molecule is C[C@H](C(=O)O)N(C(=O)OCC1c2ccccc2-c2ccccc21)c1ccccc1. The quantitative estimate of drug-likeness (QED) is 0.675. The van der Waals surface area contributed by atoms with Gasteiger partial charge in [0, 0.05) is 11.6 Å². The summed E-state index contributed by atoms with van der Waals surface area (Å²) in [7, 11) is 0. The summed E-state index contributed by atoms with van der Waals surface area (Å²) >= 11 is 0. The molecule has 0 heterocycles. The van der Waals surface area contributed by atoms with E-state index in [4.69, 9.17) is 4.74 Å². The van der Waals surface area contributed by atoms with Gasteiger partial charge in [-0.05, 0) is 41.3 Å². The van der Waals surface area contributed by atoms with Crippen LogP contribution < -0.4 is 4.90 Å². The molecule has 1 aliphatic rings. The fourth-order valence-electron chi connectivity index (χ4n) is 3.85. The van der Waals surface area contributed by atoms with Crippen LogP contribution in [-0.2, 0) is 9.53 Å². The van der Waals surface area contributed by atoms with Crippen molar-refractivity contribution in [2.24, 2.45) is 0 Å². The van der Waals surface area contributed by atoms with E-state index in [1.165, 1.54) is 11.8 Å². The number of rotatable bonds is 5. The Labute approximate surface area is 169 Å². The van der Waals surface area contributed by atoms with Crippen LogP contribution in [0.5, 0.6) is 0 Å². The van der Waals surface area contributed by atoms with Crippen LogP contribution in [0.1, 0.15) is 24.0 Å². The largest absolute Gasteiger partial charge is 0.480 e. The molecule has 0 saturated heterocycles. The van der Waals surface area contributed by atoms with E-state index in [1.807, 2.05) is 42.5 Å². The van der Waals surface area contributed by atoms with Gasteiger partial charge in [-0.2, -0.15) is 0 Å². The fourth-order valence-corrected chi connectivity index (χ4v) is 3.85. The number of carboxylic acids is 1. The minimum absolute atomic E-state index is 0.0795. The summed E-state index contributed by atoms with van der Waals surface area (Å²) in [6.07, 6.45) is -0.673. The lowest BCUT2D eigenvalue weighted by molar-refractivity contribution is -0.138. The van der Waals surface area contributed by atoms with Crippen LogP contribution in [0.4, 0.5) is 10.5 Å². The van der Waals surface area contributed by atoms with E-state index in [1.54, 1.807) is 24.3 Å². The molecule has 0 radical (unpaired) electrons. The monoisotopic (exact) mass is 387 g/mol. The van der Waals surface area contributed by atoms with E-state index in [-0.39, 0.29) is 12.5 Å². The van der Waals surface area contributed by atoms with Crippen LogP contribution in [0.3, 0.4) is 0 Å². The standard InChI is InChI=1S/C24H21NO4/c1-16(23(26)27)25(17-9-3-2-4-10-17)24(28)29-15-22-20-13-7-5-11-18(20)19-12-6-8-14-21(19)22/h2-14,16,22H,15H2,1H3,(H,26,27)/t16-/m1/s1. The second-order valence-corrected chi connectivity index (χ2v) is 7.02. The molecule has 29 heavy (non-hydrogen) atoms. The molecule has 0 bridgehead atoms. The average molecular weight is 387 g/mol. The van der Waals surface area contributed by atoms with Gasteiger partial charge in [-0.15, -0.1) is 0 Å². The maximum absolute atomic E-state index is 12.9. The van der Waals surface area contributed by atoms with E-state index in [2.05, 4.69) is 12.1 Å². The highest BCUT2D eigenvalue weighted by molar-refractivity contribution is 5.95. The van der Waals surface area contributed by atoms with Gasteiger partial charge in [-0.25, -0.2) is 9.59 Å². The maximum atomic E-state index is 12.9. The normalized spacial score (nSPS) is 13.3. The van der Waals surface area contributed by atoms with E-state index in [9.17, 15) is 14.7 Å². The second-order valence-electron chi connectivity index (χ2n) is 7.02. The number of carboxylic acid groups (broad SMARTS) is 1. The van der Waals surface area contributed by atoms with Crippen molar-refractivity contribution >= 4 is 17.7 Å². The van der Waals surface area contributed by atoms with Gasteiger partial charge in [0.15, 0.2) is 0 Å². The molecule has 5 heteroatoms. The van der Waals surface area contributed by atoms with Crippen LogP contribution in [0.25, 0.3) is 11.1 Å². The molecule has 5 nitrogen and oxygen atoms in total. The van der Waals surface area contributed by atoms with Crippen LogP contribution in [-0.4, -0.2) is 29.8 Å². The Morgan fingerprint density at radius 3 is 1.97 bits per heavy atom. The van der Waals surface area contributed by atoms with Crippen LogP contribution >= 0.6 is 0 Å². The van der Waals surface area contributed by atoms with Crippen molar-refractivity contribution < 1.29 is 19.4 Å². The Hall–Kier alpha value is -3.60. The molecule has 0 aromatic heterocycles. The third kappa shape index (κ3) is 3.47. The molecular weight excluding hydrogens is 366 g/mol. The summed E-state index contributed by atoms with van der Waals surface area (Å²) in [4.78, 5) is 25.6. The summed E-state index contributed by atoms with van der Waals surface area (Å²) in [6, 6.07) is 23.8. The van der Waals surface area contributed by atoms with Crippen molar-refractivity contribution in [2.75, 3.05) is 11.5 Å². The Morgan fingerprint density at radius 2 is 1.41 bits per heavy atom. The molecule has 0 fully saturated rings. The first-order chi connectivity index (χ1) is 14.1. The van der Waals surface area contributed by atoms with E-state index >= 15 is 0 Å². The second kappa shape index (κ2) is 7.80. The molecule has 1 atom stereocenters. The molecule has 1 N–H and O–H groups in total. The number of hydrogen-bond donors (Lipinski definition) is 1. The summed E-state index contributed by atoms with van der Waals surface area (Å²) in [5, 5.41) is 9.45. The predicted molar refractivity (Wildman–Crippen MR) is 111 cm³/mol. The van der Waals surface area contributed by atoms with Gasteiger partial charge in [0.25, 0.3) is 0 Å². The molecule has 3 aromatic rings. The first kappa shape index (κ1) is 18.7. The zero-order valence-electron chi connectivity index (χ0n) is 16.0. The highest BCUT2D eigenvalue weighted by atomic mass is 16.6. The summed E-state index contributed by atoms with van der Waals surface area (Å²) in [6.45, 7) is 1.61. The molecule has 0 aliphatic heterocycles. The lowest BCUT2D eigenvalue weighted by atomic mass is 9.98. The Balaban J connectivity index is 1.59. The molecule has 1 amide bonds. The third-order valence-corrected chi connectivity index (χ3v) is 5.31. The zero-order valence-corrected chi connectivity index (χ0v) is 16.0. The molecular formula is C24H21NO4. The van der Waals surface area contributed by atoms with E-state index in [0.29, 0.717) is 5.69 Å². The predicted octanol–water partition coefficient (Wildman–Crippen LogP) is 4.92. The van der Waals surface area contributed by atoms with Gasteiger partial charge < -0.3 is 9.84 Å². The first-order valence-corrected chi connectivity index (χ1v) is 9.50. The van der Waals surface area contributed by atoms with Crippen LogP contribution in [0, 0.1) is 0 Å². The molecule has 0 saturated carbocycles. The number of nitrogens with zero attached hydrogens (tertiary/aromatic N) is 1. The number of fused-ring (bicyclic) bond motifs is 3. The smallest absolute Gasteiger partial charge is 0.415 e. The number of para-hydroxylation sites is 1. The topological polar surface area (TPSA) is 66.8 Å². The Morgan fingerprint density at radius 1 is 0.897 bits per heavy atom. The van der Waals surface area contributed by atoms with Gasteiger partial charge in [0.2, 0.25) is 0 Å². The minimum Gasteiger partial charge on any atom is -0.480 e. The molecule has 4 rings (SSSR count). The number of carbonyl (C=O) groups excluding carboxylic acids is 1. The number of ether oxygens (including phenoxy) is 1. The Bertz CT molecular complexity index is 1000. The number of aliphatic carboxylic acids is 1. The van der Waals surface area contributed by atoms with Gasteiger partial charge in [-0.3, -0.25) is 4.90 Å². The molecule has 3 aromatic carbocycles. The van der Waals surface area contributed by atoms with Crippen molar-refractivity contribution in [3.63, 3.8) is 0 Å². The first-order valence-electron chi connectivity index (χ1n) is 9.50. The lowest BCUT2D eigenvalue weighted by Crippen LogP contribution is -2.44. The van der Waals surface area contributed by atoms with Crippen molar-refractivity contribution in [3.8, 4) is 11.1 Å². The summed E-state index contributed by atoms with van der Waals surface area (Å²) < 4.78 is 5.65. The number of carbonyl (C=O) groups is 2. The fraction of sp³-hybridized carbons (Fsp3) is 0.167. The zero-order chi connectivity index (χ0) is 20.4. The average Bonchev–Trinajstić information content (AvgIpc) is 3.07. The molecule has 146 valence electrons. The maximum Gasteiger partial charge on any atom is 0.415 e. The van der Waals surface area contributed by atoms with E-state index in [0.717, 1.165) is 22.3 Å². The highest BCUT2D eigenvalue weighted by Crippen LogP contribution is 2.44. The number of amides is 1. The molecule has 0 spiro atoms. The van der Waals surface area contributed by atoms with Crippen molar-refractivity contribution in [1.29, 1.82) is 0 Å². The van der Waals surface area contributed by atoms with Crippen molar-refractivity contribution in [1.82, 2.24) is 0 Å². The van der Waals surface area contributed by atoms with Gasteiger partial charge in [0.05, 0.1) is 0 Å². The van der Waals surface area contributed by atoms with Crippen molar-refractivity contribution in [3.05, 3.63) is 90.0 Å². The van der Waals surface area contributed by atoms with Gasteiger partial charge in [0.1, 0.15) is 12.6 Å². The van der Waals surface area contributed by atoms with Gasteiger partial charge in [-0.1, -0.05) is 66.7 Å². The van der Waals surface area contributed by atoms with Crippen molar-refractivity contribution in [2.45, 2.75) is 18.9 Å². The van der Waals surface area contributed by atoms with E-state index < -0.39 is 18.1 Å². The number of anilines is 1. The van der Waals surface area contributed by atoms with Crippen LogP contribution in [0.2, 0.25) is 0 Å². The summed E-state index contributed by atoms with van der Waals surface area (Å²) in [5.74, 6) is -1.17. The Kier molecular flexibility index (Phi) is 5.04. The minimum atomic E-state index is -1.10. The molecule has 1 aliphatic carbocycles. The molecule has 0 unspecified atom stereocenters. The van der Waals surface area contributed by atoms with Gasteiger partial charge >= 0.3 is 12.1 Å². The summed E-state index contributed by atoms with van der Waals surface area (Å²) in [5.41, 5.74) is 4.99. The third-order valence-electron chi connectivity index (χ3n) is 5.31. The highest BCUT2D eigenvalue weighted by Gasteiger charge is 2.32. The number of hydrogen-bond acceptors (Lipinski definition) is 3.